The Labute approximate surface area is 123 Å². The van der Waals surface area contributed by atoms with Gasteiger partial charge in [-0.3, -0.25) is 0 Å². The summed E-state index contributed by atoms with van der Waals surface area (Å²) in [5.74, 6) is 1.84. The van der Waals surface area contributed by atoms with E-state index in [-0.39, 0.29) is 6.10 Å². The van der Waals surface area contributed by atoms with E-state index >= 15 is 0 Å². The highest BCUT2D eigenvalue weighted by molar-refractivity contribution is 5.28. The van der Waals surface area contributed by atoms with Crippen molar-refractivity contribution < 1.29 is 4.74 Å². The monoisotopic (exact) mass is 275 g/mol. The van der Waals surface area contributed by atoms with E-state index in [1.165, 1.54) is 37.7 Å². The number of hydrogen-bond donors (Lipinski definition) is 1. The molecule has 0 bridgehead atoms. The van der Waals surface area contributed by atoms with Gasteiger partial charge in [0.15, 0.2) is 0 Å². The van der Waals surface area contributed by atoms with E-state index in [1.807, 2.05) is 6.07 Å². The molecule has 0 spiro atoms. The number of nitrogens with one attached hydrogen (secondary N) is 1. The minimum Gasteiger partial charge on any atom is -0.491 e. The molecule has 1 saturated carbocycles. The van der Waals surface area contributed by atoms with Gasteiger partial charge in [-0.2, -0.15) is 0 Å². The SMILES string of the molecule is CC(C)Oc1cccc(CN[C@@H](C)C2CCCCC2)c1. The summed E-state index contributed by atoms with van der Waals surface area (Å²) in [6.07, 6.45) is 7.27. The fourth-order valence-electron chi connectivity index (χ4n) is 3.08. The molecule has 0 amide bonds. The Balaban J connectivity index is 1.83. The number of benzene rings is 1. The molecule has 1 N–H and O–H groups in total. The van der Waals surface area contributed by atoms with Crippen LogP contribution in [0.15, 0.2) is 24.3 Å². The first kappa shape index (κ1) is 15.4. The van der Waals surface area contributed by atoms with Gasteiger partial charge in [-0.05, 0) is 57.2 Å². The van der Waals surface area contributed by atoms with Gasteiger partial charge < -0.3 is 10.1 Å². The van der Waals surface area contributed by atoms with Crippen molar-refractivity contribution in [3.63, 3.8) is 0 Å². The standard InChI is InChI=1S/C18H29NO/c1-14(2)20-18-11-7-8-16(12-18)13-19-15(3)17-9-5-4-6-10-17/h7-8,11-12,14-15,17,19H,4-6,9-10,13H2,1-3H3/t15-/m0/s1. The van der Waals surface area contributed by atoms with Crippen LogP contribution < -0.4 is 10.1 Å². The Morgan fingerprint density at radius 1 is 1.15 bits per heavy atom. The van der Waals surface area contributed by atoms with Crippen LogP contribution in [0.2, 0.25) is 0 Å². The van der Waals surface area contributed by atoms with E-state index in [4.69, 9.17) is 4.74 Å². The van der Waals surface area contributed by atoms with Gasteiger partial charge in [0.2, 0.25) is 0 Å². The molecule has 0 saturated heterocycles. The predicted octanol–water partition coefficient (Wildman–Crippen LogP) is 4.53. The summed E-state index contributed by atoms with van der Waals surface area (Å²) in [7, 11) is 0. The molecule has 0 radical (unpaired) electrons. The minimum absolute atomic E-state index is 0.236. The molecular weight excluding hydrogens is 246 g/mol. The Kier molecular flexibility index (Phi) is 5.90. The second kappa shape index (κ2) is 7.68. The van der Waals surface area contributed by atoms with Crippen LogP contribution in [0.25, 0.3) is 0 Å². The summed E-state index contributed by atoms with van der Waals surface area (Å²) in [5, 5.41) is 3.69. The first-order valence-corrected chi connectivity index (χ1v) is 8.14. The van der Waals surface area contributed by atoms with Crippen LogP contribution in [0, 0.1) is 5.92 Å². The molecule has 1 aliphatic rings. The van der Waals surface area contributed by atoms with Crippen LogP contribution in [0.1, 0.15) is 58.4 Å². The molecule has 1 aromatic rings. The van der Waals surface area contributed by atoms with Gasteiger partial charge in [0.25, 0.3) is 0 Å². The summed E-state index contributed by atoms with van der Waals surface area (Å²) >= 11 is 0. The van der Waals surface area contributed by atoms with Gasteiger partial charge in [-0.1, -0.05) is 31.4 Å². The molecular formula is C18H29NO. The zero-order valence-electron chi connectivity index (χ0n) is 13.2. The Bertz CT molecular complexity index is 396. The maximum Gasteiger partial charge on any atom is 0.120 e. The van der Waals surface area contributed by atoms with Crippen molar-refractivity contribution in [2.24, 2.45) is 5.92 Å². The first-order valence-electron chi connectivity index (χ1n) is 8.14. The third kappa shape index (κ3) is 4.82. The smallest absolute Gasteiger partial charge is 0.120 e. The fraction of sp³-hybridized carbons (Fsp3) is 0.667. The molecule has 2 heteroatoms. The number of ether oxygens (including phenoxy) is 1. The lowest BCUT2D eigenvalue weighted by molar-refractivity contribution is 0.242. The van der Waals surface area contributed by atoms with Crippen molar-refractivity contribution in [2.45, 2.75) is 71.6 Å². The molecule has 2 rings (SSSR count). The maximum absolute atomic E-state index is 5.75. The van der Waals surface area contributed by atoms with E-state index in [2.05, 4.69) is 44.3 Å². The van der Waals surface area contributed by atoms with Crippen LogP contribution in [-0.2, 0) is 6.54 Å². The molecule has 2 nitrogen and oxygen atoms in total. The average Bonchev–Trinajstić information content (AvgIpc) is 2.45. The fourth-order valence-corrected chi connectivity index (χ4v) is 3.08. The second-order valence-corrected chi connectivity index (χ2v) is 6.38. The van der Waals surface area contributed by atoms with Crippen LogP contribution in [0.4, 0.5) is 0 Å². The first-order chi connectivity index (χ1) is 9.65. The highest BCUT2D eigenvalue weighted by atomic mass is 16.5. The van der Waals surface area contributed by atoms with E-state index in [0.717, 1.165) is 18.2 Å². The van der Waals surface area contributed by atoms with Crippen molar-refractivity contribution in [3.8, 4) is 5.75 Å². The van der Waals surface area contributed by atoms with E-state index in [9.17, 15) is 0 Å². The van der Waals surface area contributed by atoms with Gasteiger partial charge in [-0.15, -0.1) is 0 Å². The molecule has 1 atom stereocenters. The third-order valence-corrected chi connectivity index (χ3v) is 4.26. The van der Waals surface area contributed by atoms with Gasteiger partial charge in [-0.25, -0.2) is 0 Å². The van der Waals surface area contributed by atoms with Crippen LogP contribution in [0.3, 0.4) is 0 Å². The summed E-state index contributed by atoms with van der Waals surface area (Å²) in [4.78, 5) is 0. The van der Waals surface area contributed by atoms with Crippen molar-refractivity contribution in [1.82, 2.24) is 5.32 Å². The Morgan fingerprint density at radius 2 is 1.90 bits per heavy atom. The van der Waals surface area contributed by atoms with Crippen molar-refractivity contribution in [1.29, 1.82) is 0 Å². The van der Waals surface area contributed by atoms with Gasteiger partial charge >= 0.3 is 0 Å². The molecule has 1 fully saturated rings. The maximum atomic E-state index is 5.75. The van der Waals surface area contributed by atoms with E-state index in [1.54, 1.807) is 0 Å². The zero-order chi connectivity index (χ0) is 14.4. The molecule has 0 aromatic heterocycles. The Morgan fingerprint density at radius 3 is 2.60 bits per heavy atom. The number of hydrogen-bond acceptors (Lipinski definition) is 2. The molecule has 1 aliphatic carbocycles. The molecule has 20 heavy (non-hydrogen) atoms. The quantitative estimate of drug-likeness (QED) is 0.823. The van der Waals surface area contributed by atoms with Crippen LogP contribution >= 0.6 is 0 Å². The summed E-state index contributed by atoms with van der Waals surface area (Å²) in [6.45, 7) is 7.41. The summed E-state index contributed by atoms with van der Waals surface area (Å²) in [5.41, 5.74) is 1.31. The average molecular weight is 275 g/mol. The molecule has 112 valence electrons. The van der Waals surface area contributed by atoms with Crippen molar-refractivity contribution in [3.05, 3.63) is 29.8 Å². The van der Waals surface area contributed by atoms with Gasteiger partial charge in [0.05, 0.1) is 6.10 Å². The molecule has 0 aliphatic heterocycles. The summed E-state index contributed by atoms with van der Waals surface area (Å²) in [6, 6.07) is 9.06. The van der Waals surface area contributed by atoms with Crippen LogP contribution in [0.5, 0.6) is 5.75 Å². The molecule has 1 aromatic carbocycles. The van der Waals surface area contributed by atoms with Gasteiger partial charge in [0.1, 0.15) is 5.75 Å². The molecule has 0 heterocycles. The third-order valence-electron chi connectivity index (χ3n) is 4.26. The van der Waals surface area contributed by atoms with E-state index < -0.39 is 0 Å². The minimum atomic E-state index is 0.236. The highest BCUT2D eigenvalue weighted by Crippen LogP contribution is 2.26. The van der Waals surface area contributed by atoms with E-state index in [0.29, 0.717) is 6.04 Å². The predicted molar refractivity (Wildman–Crippen MR) is 85.1 cm³/mol. The zero-order valence-corrected chi connectivity index (χ0v) is 13.2. The normalized spacial score (nSPS) is 18.2. The number of rotatable bonds is 6. The molecule has 0 unspecified atom stereocenters. The lowest BCUT2D eigenvalue weighted by Gasteiger charge is -2.28. The lowest BCUT2D eigenvalue weighted by atomic mass is 9.84. The van der Waals surface area contributed by atoms with Crippen LogP contribution in [-0.4, -0.2) is 12.1 Å². The summed E-state index contributed by atoms with van der Waals surface area (Å²) < 4.78 is 5.75. The van der Waals surface area contributed by atoms with Gasteiger partial charge in [0, 0.05) is 12.6 Å². The second-order valence-electron chi connectivity index (χ2n) is 6.38. The largest absolute Gasteiger partial charge is 0.491 e. The van der Waals surface area contributed by atoms with Crippen molar-refractivity contribution >= 4 is 0 Å². The highest BCUT2D eigenvalue weighted by Gasteiger charge is 2.19. The Hall–Kier alpha value is -1.02. The van der Waals surface area contributed by atoms with Crippen molar-refractivity contribution in [2.75, 3.05) is 0 Å². The topological polar surface area (TPSA) is 21.3 Å². The lowest BCUT2D eigenvalue weighted by Crippen LogP contribution is -2.34.